The Labute approximate surface area is 103 Å². The summed E-state index contributed by atoms with van der Waals surface area (Å²) in [5.41, 5.74) is 0.260. The van der Waals surface area contributed by atoms with Gasteiger partial charge in [-0.05, 0) is 17.7 Å². The molecule has 0 radical (unpaired) electrons. The molecule has 88 valence electrons. The van der Waals surface area contributed by atoms with Crippen LogP contribution >= 0.6 is 27.5 Å². The lowest BCUT2D eigenvalue weighted by Crippen LogP contribution is -2.06. The van der Waals surface area contributed by atoms with Crippen molar-refractivity contribution in [3.63, 3.8) is 0 Å². The molecule has 0 atom stereocenters. The average Bonchev–Trinajstić information content (AvgIpc) is 2.19. The Kier molecular flexibility index (Phi) is 4.49. The molecule has 0 bridgehead atoms. The molecule has 0 spiro atoms. The molecule has 0 heterocycles. The minimum absolute atomic E-state index is 0.0523. The van der Waals surface area contributed by atoms with Gasteiger partial charge < -0.3 is 9.84 Å². The molecule has 0 aliphatic heterocycles. The van der Waals surface area contributed by atoms with Crippen LogP contribution in [0, 0.1) is 0 Å². The van der Waals surface area contributed by atoms with Crippen molar-refractivity contribution < 1.29 is 23.4 Å². The van der Waals surface area contributed by atoms with Gasteiger partial charge in [-0.1, -0.05) is 27.5 Å². The molecule has 0 aromatic heterocycles. The number of benzene rings is 1. The van der Waals surface area contributed by atoms with Gasteiger partial charge in [0.1, 0.15) is 5.75 Å². The number of alkyl halides is 3. The van der Waals surface area contributed by atoms with Crippen molar-refractivity contribution in [3.8, 4) is 5.75 Å². The van der Waals surface area contributed by atoms with E-state index in [4.69, 9.17) is 16.7 Å². The number of carbonyl (C=O) groups is 1. The minimum atomic E-state index is -3.00. The number of hydrogen-bond donors (Lipinski definition) is 1. The molecule has 0 amide bonds. The molecule has 1 rings (SSSR count). The van der Waals surface area contributed by atoms with E-state index in [9.17, 15) is 13.6 Å². The SMILES string of the molecule is O=C(O)c1cc(Cl)c(OC(F)F)cc1CBr. The van der Waals surface area contributed by atoms with E-state index in [0.29, 0.717) is 5.56 Å². The van der Waals surface area contributed by atoms with Crippen LogP contribution in [0.3, 0.4) is 0 Å². The predicted molar refractivity (Wildman–Crippen MR) is 57.7 cm³/mol. The smallest absolute Gasteiger partial charge is 0.387 e. The Balaban J connectivity index is 3.20. The number of ether oxygens (including phenoxy) is 1. The zero-order chi connectivity index (χ0) is 12.3. The molecule has 0 aliphatic carbocycles. The lowest BCUT2D eigenvalue weighted by molar-refractivity contribution is -0.0498. The summed E-state index contributed by atoms with van der Waals surface area (Å²) in [4.78, 5) is 10.8. The van der Waals surface area contributed by atoms with Crippen molar-refractivity contribution in [2.45, 2.75) is 11.9 Å². The van der Waals surface area contributed by atoms with E-state index in [0.717, 1.165) is 6.07 Å². The van der Waals surface area contributed by atoms with E-state index < -0.39 is 12.6 Å². The summed E-state index contributed by atoms with van der Waals surface area (Å²) < 4.78 is 28.1. The summed E-state index contributed by atoms with van der Waals surface area (Å²) in [7, 11) is 0. The normalized spacial score (nSPS) is 10.6. The van der Waals surface area contributed by atoms with Gasteiger partial charge in [-0.3, -0.25) is 0 Å². The number of rotatable bonds is 4. The van der Waals surface area contributed by atoms with Crippen LogP contribution in [0.15, 0.2) is 12.1 Å². The summed E-state index contributed by atoms with van der Waals surface area (Å²) in [6.07, 6.45) is 0. The Morgan fingerprint density at radius 3 is 2.62 bits per heavy atom. The summed E-state index contributed by atoms with van der Waals surface area (Å²) >= 11 is 8.66. The van der Waals surface area contributed by atoms with Gasteiger partial charge in [0.25, 0.3) is 0 Å². The van der Waals surface area contributed by atoms with Gasteiger partial charge in [0.2, 0.25) is 0 Å². The first-order chi connectivity index (χ1) is 7.45. The Hall–Kier alpha value is -0.880. The Morgan fingerprint density at radius 2 is 2.19 bits per heavy atom. The van der Waals surface area contributed by atoms with Crippen LogP contribution in [-0.4, -0.2) is 17.7 Å². The maximum atomic E-state index is 12.0. The third kappa shape index (κ3) is 3.05. The van der Waals surface area contributed by atoms with Gasteiger partial charge >= 0.3 is 12.6 Å². The van der Waals surface area contributed by atoms with Crippen LogP contribution < -0.4 is 4.74 Å². The highest BCUT2D eigenvalue weighted by atomic mass is 79.9. The van der Waals surface area contributed by atoms with E-state index in [-0.39, 0.29) is 21.7 Å². The van der Waals surface area contributed by atoms with Gasteiger partial charge in [-0.25, -0.2) is 4.79 Å². The fourth-order valence-corrected chi connectivity index (χ4v) is 1.76. The van der Waals surface area contributed by atoms with Crippen molar-refractivity contribution in [2.75, 3.05) is 0 Å². The quantitative estimate of drug-likeness (QED) is 0.865. The zero-order valence-electron chi connectivity index (χ0n) is 7.71. The molecular formula is C9H6BrClF2O3. The largest absolute Gasteiger partial charge is 0.478 e. The standard InChI is InChI=1S/C9H6BrClF2O3/c10-3-4-1-7(16-9(12)13)6(11)2-5(4)8(14)15/h1-2,9H,3H2,(H,14,15). The highest BCUT2D eigenvalue weighted by Crippen LogP contribution is 2.30. The number of carboxylic acid groups (broad SMARTS) is 1. The molecule has 3 nitrogen and oxygen atoms in total. The topological polar surface area (TPSA) is 46.5 Å². The van der Waals surface area contributed by atoms with E-state index in [1.54, 1.807) is 0 Å². The first kappa shape index (κ1) is 13.2. The second-order valence-electron chi connectivity index (χ2n) is 2.76. The van der Waals surface area contributed by atoms with E-state index in [1.807, 2.05) is 0 Å². The number of carboxylic acids is 1. The van der Waals surface area contributed by atoms with Crippen molar-refractivity contribution in [3.05, 3.63) is 28.3 Å². The van der Waals surface area contributed by atoms with Crippen LogP contribution in [0.5, 0.6) is 5.75 Å². The number of aromatic carboxylic acids is 1. The Morgan fingerprint density at radius 1 is 1.56 bits per heavy atom. The molecule has 0 aliphatic rings. The molecule has 1 aromatic carbocycles. The zero-order valence-corrected chi connectivity index (χ0v) is 10.1. The van der Waals surface area contributed by atoms with Gasteiger partial charge in [0.15, 0.2) is 0 Å². The summed E-state index contributed by atoms with van der Waals surface area (Å²) in [6.45, 7) is -3.00. The molecule has 1 aromatic rings. The molecule has 0 fully saturated rings. The van der Waals surface area contributed by atoms with E-state index in [1.165, 1.54) is 6.07 Å². The number of halogens is 4. The molecular weight excluding hydrogens is 309 g/mol. The average molecular weight is 315 g/mol. The van der Waals surface area contributed by atoms with Gasteiger partial charge in [0.05, 0.1) is 10.6 Å². The van der Waals surface area contributed by atoms with Crippen molar-refractivity contribution in [1.29, 1.82) is 0 Å². The lowest BCUT2D eigenvalue weighted by atomic mass is 10.1. The summed E-state index contributed by atoms with van der Waals surface area (Å²) in [5.74, 6) is -1.42. The van der Waals surface area contributed by atoms with E-state index >= 15 is 0 Å². The molecule has 0 saturated heterocycles. The first-order valence-electron chi connectivity index (χ1n) is 4.02. The summed E-state index contributed by atoms with van der Waals surface area (Å²) in [5, 5.41) is 8.86. The van der Waals surface area contributed by atoms with Crippen molar-refractivity contribution in [1.82, 2.24) is 0 Å². The minimum Gasteiger partial charge on any atom is -0.478 e. The van der Waals surface area contributed by atoms with Gasteiger partial charge in [0, 0.05) is 5.33 Å². The van der Waals surface area contributed by atoms with Crippen LogP contribution in [0.1, 0.15) is 15.9 Å². The molecule has 7 heteroatoms. The van der Waals surface area contributed by atoms with Crippen LogP contribution in [0.25, 0.3) is 0 Å². The highest BCUT2D eigenvalue weighted by Gasteiger charge is 2.16. The van der Waals surface area contributed by atoms with Crippen LogP contribution in [0.2, 0.25) is 5.02 Å². The summed E-state index contributed by atoms with van der Waals surface area (Å²) in [6, 6.07) is 2.25. The molecule has 1 N–H and O–H groups in total. The maximum Gasteiger partial charge on any atom is 0.387 e. The fourth-order valence-electron chi connectivity index (χ4n) is 1.09. The second-order valence-corrected chi connectivity index (χ2v) is 3.72. The second kappa shape index (κ2) is 5.45. The predicted octanol–water partition coefficient (Wildman–Crippen LogP) is 3.53. The van der Waals surface area contributed by atoms with Gasteiger partial charge in [-0.15, -0.1) is 0 Å². The Bertz CT molecular complexity index is 412. The molecule has 0 saturated carbocycles. The monoisotopic (exact) mass is 314 g/mol. The third-order valence-corrected chi connectivity index (χ3v) is 2.65. The molecule has 0 unspecified atom stereocenters. The number of hydrogen-bond acceptors (Lipinski definition) is 2. The van der Waals surface area contributed by atoms with Crippen molar-refractivity contribution in [2.24, 2.45) is 0 Å². The van der Waals surface area contributed by atoms with Crippen molar-refractivity contribution >= 4 is 33.5 Å². The lowest BCUT2D eigenvalue weighted by Gasteiger charge is -2.10. The highest BCUT2D eigenvalue weighted by molar-refractivity contribution is 9.08. The molecule has 16 heavy (non-hydrogen) atoms. The van der Waals surface area contributed by atoms with E-state index in [2.05, 4.69) is 20.7 Å². The maximum absolute atomic E-state index is 12.0. The third-order valence-electron chi connectivity index (χ3n) is 1.75. The first-order valence-corrected chi connectivity index (χ1v) is 5.52. The van der Waals surface area contributed by atoms with Crippen LogP contribution in [-0.2, 0) is 5.33 Å². The van der Waals surface area contributed by atoms with Crippen LogP contribution in [0.4, 0.5) is 8.78 Å². The van der Waals surface area contributed by atoms with Gasteiger partial charge in [-0.2, -0.15) is 8.78 Å². The fraction of sp³-hybridized carbons (Fsp3) is 0.222.